The van der Waals surface area contributed by atoms with Gasteiger partial charge in [0.15, 0.2) is 0 Å². The molecule has 0 saturated carbocycles. The van der Waals surface area contributed by atoms with Crippen LogP contribution in [0.4, 0.5) is 4.79 Å². The summed E-state index contributed by atoms with van der Waals surface area (Å²) in [5.41, 5.74) is 1.69. The van der Waals surface area contributed by atoms with Crippen LogP contribution in [0.1, 0.15) is 29.8 Å². The van der Waals surface area contributed by atoms with Crippen LogP contribution in [-0.4, -0.2) is 24.6 Å². The normalized spacial score (nSPS) is 11.9. The van der Waals surface area contributed by atoms with Gasteiger partial charge in [0.25, 0.3) is 5.91 Å². The summed E-state index contributed by atoms with van der Waals surface area (Å²) in [6.45, 7) is 6.26. The van der Waals surface area contributed by atoms with E-state index in [1.807, 2.05) is 69.3 Å². The first-order valence-corrected chi connectivity index (χ1v) is 9.74. The number of amides is 2. The fourth-order valence-electron chi connectivity index (χ4n) is 2.98. The van der Waals surface area contributed by atoms with Crippen LogP contribution in [0.25, 0.3) is 10.8 Å². The molecule has 0 heterocycles. The van der Waals surface area contributed by atoms with Gasteiger partial charge >= 0.3 is 6.09 Å². The quantitative estimate of drug-likeness (QED) is 0.642. The van der Waals surface area contributed by atoms with Gasteiger partial charge in [0, 0.05) is 12.1 Å². The predicted octanol–water partition coefficient (Wildman–Crippen LogP) is 4.69. The third-order valence-electron chi connectivity index (χ3n) is 4.84. The highest BCUT2D eigenvalue weighted by Crippen LogP contribution is 2.20. The Labute approximate surface area is 171 Å². The topological polar surface area (TPSA) is 67.4 Å². The molecule has 1 unspecified atom stereocenters. The van der Waals surface area contributed by atoms with Crippen molar-refractivity contribution < 1.29 is 14.3 Å². The van der Waals surface area contributed by atoms with Crippen LogP contribution in [0.15, 0.2) is 66.7 Å². The van der Waals surface area contributed by atoms with E-state index in [1.165, 1.54) is 0 Å². The minimum absolute atomic E-state index is 0.123. The van der Waals surface area contributed by atoms with Crippen molar-refractivity contribution in [2.24, 2.45) is 5.92 Å². The SMILES string of the molecule is Cc1ccc(C(=O)NCC(NC(=O)Oc2ccc3ccccc3c2)C(C)C)cc1. The molecular weight excluding hydrogens is 364 g/mol. The maximum atomic E-state index is 12.4. The highest BCUT2D eigenvalue weighted by atomic mass is 16.6. The van der Waals surface area contributed by atoms with E-state index in [0.29, 0.717) is 17.9 Å². The first-order chi connectivity index (χ1) is 13.9. The molecule has 0 aliphatic carbocycles. The molecular formula is C24H26N2O3. The summed E-state index contributed by atoms with van der Waals surface area (Å²) in [6.07, 6.45) is -0.538. The number of carbonyl (C=O) groups is 2. The number of ether oxygens (including phenoxy) is 1. The number of carbonyl (C=O) groups excluding carboxylic acids is 2. The van der Waals surface area contributed by atoms with E-state index in [2.05, 4.69) is 10.6 Å². The molecule has 29 heavy (non-hydrogen) atoms. The van der Waals surface area contributed by atoms with E-state index in [9.17, 15) is 9.59 Å². The Morgan fingerprint density at radius 1 is 0.931 bits per heavy atom. The molecule has 0 aliphatic heterocycles. The van der Waals surface area contributed by atoms with Crippen LogP contribution in [0.5, 0.6) is 5.75 Å². The van der Waals surface area contributed by atoms with Gasteiger partial charge in [0.05, 0.1) is 6.04 Å². The number of hydrogen-bond donors (Lipinski definition) is 2. The van der Waals surface area contributed by atoms with Crippen molar-refractivity contribution in [3.8, 4) is 5.75 Å². The number of aryl methyl sites for hydroxylation is 1. The lowest BCUT2D eigenvalue weighted by Crippen LogP contribution is -2.47. The maximum Gasteiger partial charge on any atom is 0.412 e. The number of benzene rings is 3. The molecule has 3 aromatic carbocycles. The predicted molar refractivity (Wildman–Crippen MR) is 115 cm³/mol. The number of hydrogen-bond acceptors (Lipinski definition) is 3. The van der Waals surface area contributed by atoms with Gasteiger partial charge in [0.2, 0.25) is 0 Å². The van der Waals surface area contributed by atoms with Gasteiger partial charge in [-0.15, -0.1) is 0 Å². The molecule has 0 aromatic heterocycles. The summed E-state index contributed by atoms with van der Waals surface area (Å²) in [4.78, 5) is 24.7. The Bertz CT molecular complexity index is 996. The zero-order valence-electron chi connectivity index (χ0n) is 16.9. The van der Waals surface area contributed by atoms with E-state index in [0.717, 1.165) is 16.3 Å². The molecule has 0 bridgehead atoms. The number of fused-ring (bicyclic) bond motifs is 1. The highest BCUT2D eigenvalue weighted by molar-refractivity contribution is 5.94. The van der Waals surface area contributed by atoms with Crippen molar-refractivity contribution in [2.45, 2.75) is 26.8 Å². The van der Waals surface area contributed by atoms with Crippen LogP contribution in [0.3, 0.4) is 0 Å². The second-order valence-corrected chi connectivity index (χ2v) is 7.47. The summed E-state index contributed by atoms with van der Waals surface area (Å²) in [5, 5.41) is 7.82. The first-order valence-electron chi connectivity index (χ1n) is 9.74. The second kappa shape index (κ2) is 9.24. The third kappa shape index (κ3) is 5.57. The summed E-state index contributed by atoms with van der Waals surface area (Å²) >= 11 is 0. The number of rotatable bonds is 6. The van der Waals surface area contributed by atoms with Gasteiger partial charge in [-0.3, -0.25) is 4.79 Å². The largest absolute Gasteiger partial charge is 0.412 e. The van der Waals surface area contributed by atoms with Gasteiger partial charge in [-0.1, -0.05) is 61.9 Å². The van der Waals surface area contributed by atoms with E-state index < -0.39 is 6.09 Å². The molecule has 2 amide bonds. The van der Waals surface area contributed by atoms with Crippen molar-refractivity contribution in [2.75, 3.05) is 6.54 Å². The maximum absolute atomic E-state index is 12.4. The number of nitrogens with one attached hydrogen (secondary N) is 2. The molecule has 2 N–H and O–H groups in total. The Kier molecular flexibility index (Phi) is 6.50. The Balaban J connectivity index is 1.58. The minimum Gasteiger partial charge on any atom is -0.410 e. The van der Waals surface area contributed by atoms with Crippen LogP contribution in [0, 0.1) is 12.8 Å². The van der Waals surface area contributed by atoms with Crippen LogP contribution >= 0.6 is 0 Å². The molecule has 150 valence electrons. The van der Waals surface area contributed by atoms with Crippen molar-refractivity contribution in [3.63, 3.8) is 0 Å². The lowest BCUT2D eigenvalue weighted by Gasteiger charge is -2.22. The van der Waals surface area contributed by atoms with Crippen molar-refractivity contribution in [1.82, 2.24) is 10.6 Å². The lowest BCUT2D eigenvalue weighted by molar-refractivity contribution is 0.0945. The van der Waals surface area contributed by atoms with E-state index in [1.54, 1.807) is 18.2 Å². The van der Waals surface area contributed by atoms with Crippen LogP contribution in [-0.2, 0) is 0 Å². The lowest BCUT2D eigenvalue weighted by atomic mass is 10.0. The molecule has 0 spiro atoms. The molecule has 0 radical (unpaired) electrons. The molecule has 3 aromatic rings. The Morgan fingerprint density at radius 2 is 1.62 bits per heavy atom. The molecule has 3 rings (SSSR count). The standard InChI is InChI=1S/C24H26N2O3/c1-16(2)22(15-25-23(27)19-10-8-17(3)9-11-19)26-24(28)29-21-13-12-18-6-4-5-7-20(18)14-21/h4-14,16,22H,15H2,1-3H3,(H,25,27)(H,26,28). The van der Waals surface area contributed by atoms with Gasteiger partial charge in [-0.05, 0) is 47.9 Å². The fourth-order valence-corrected chi connectivity index (χ4v) is 2.98. The zero-order chi connectivity index (χ0) is 20.8. The average Bonchev–Trinajstić information content (AvgIpc) is 2.71. The van der Waals surface area contributed by atoms with Gasteiger partial charge in [-0.25, -0.2) is 4.79 Å². The summed E-state index contributed by atoms with van der Waals surface area (Å²) in [7, 11) is 0. The minimum atomic E-state index is -0.538. The fraction of sp³-hybridized carbons (Fsp3) is 0.250. The first kappa shape index (κ1) is 20.4. The second-order valence-electron chi connectivity index (χ2n) is 7.47. The van der Waals surface area contributed by atoms with Gasteiger partial charge < -0.3 is 15.4 Å². The van der Waals surface area contributed by atoms with Gasteiger partial charge in [0.1, 0.15) is 5.75 Å². The van der Waals surface area contributed by atoms with Crippen LogP contribution in [0.2, 0.25) is 0 Å². The van der Waals surface area contributed by atoms with E-state index >= 15 is 0 Å². The van der Waals surface area contributed by atoms with Crippen molar-refractivity contribution in [3.05, 3.63) is 77.9 Å². The molecule has 5 nitrogen and oxygen atoms in total. The summed E-state index contributed by atoms with van der Waals surface area (Å²) in [5.74, 6) is 0.435. The van der Waals surface area contributed by atoms with Crippen molar-refractivity contribution in [1.29, 1.82) is 0 Å². The summed E-state index contributed by atoms with van der Waals surface area (Å²) < 4.78 is 5.45. The average molecular weight is 390 g/mol. The Morgan fingerprint density at radius 3 is 2.31 bits per heavy atom. The summed E-state index contributed by atoms with van der Waals surface area (Å²) in [6, 6.07) is 20.5. The smallest absolute Gasteiger partial charge is 0.410 e. The molecule has 0 aliphatic rings. The zero-order valence-corrected chi connectivity index (χ0v) is 16.9. The molecule has 1 atom stereocenters. The van der Waals surface area contributed by atoms with Gasteiger partial charge in [-0.2, -0.15) is 0 Å². The molecule has 0 saturated heterocycles. The van der Waals surface area contributed by atoms with Crippen LogP contribution < -0.4 is 15.4 Å². The third-order valence-corrected chi connectivity index (χ3v) is 4.84. The highest BCUT2D eigenvalue weighted by Gasteiger charge is 2.19. The Hall–Kier alpha value is -3.34. The van der Waals surface area contributed by atoms with E-state index in [-0.39, 0.29) is 17.9 Å². The monoisotopic (exact) mass is 390 g/mol. The molecule has 5 heteroatoms. The van der Waals surface area contributed by atoms with Crippen molar-refractivity contribution >= 4 is 22.8 Å². The molecule has 0 fully saturated rings. The van der Waals surface area contributed by atoms with E-state index in [4.69, 9.17) is 4.74 Å².